The van der Waals surface area contributed by atoms with E-state index in [-0.39, 0.29) is 18.3 Å². The van der Waals surface area contributed by atoms with Crippen molar-refractivity contribution in [1.29, 1.82) is 0 Å². The molecule has 0 bridgehead atoms. The van der Waals surface area contributed by atoms with Crippen LogP contribution < -0.4 is 10.6 Å². The highest BCUT2D eigenvalue weighted by Gasteiger charge is 2.07. The maximum Gasteiger partial charge on any atom is 0.221 e. The van der Waals surface area contributed by atoms with Crippen LogP contribution in [-0.2, 0) is 4.79 Å². The molecule has 25 heavy (non-hydrogen) atoms. The summed E-state index contributed by atoms with van der Waals surface area (Å²) in [5, 5.41) is 9.71. The first-order chi connectivity index (χ1) is 11.5. The van der Waals surface area contributed by atoms with Gasteiger partial charge in [-0.3, -0.25) is 4.79 Å². The molecule has 0 saturated heterocycles. The van der Waals surface area contributed by atoms with Gasteiger partial charge in [0.25, 0.3) is 0 Å². The van der Waals surface area contributed by atoms with E-state index in [1.807, 2.05) is 35.7 Å². The third kappa shape index (κ3) is 5.09. The van der Waals surface area contributed by atoms with Crippen molar-refractivity contribution in [3.63, 3.8) is 0 Å². The van der Waals surface area contributed by atoms with E-state index in [9.17, 15) is 4.79 Å². The molecule has 4 nitrogen and oxygen atoms in total. The maximum atomic E-state index is 11.0. The number of amides is 1. The van der Waals surface area contributed by atoms with Gasteiger partial charge in [0, 0.05) is 29.2 Å². The molecule has 3 rings (SSSR count). The molecule has 130 valence electrons. The van der Waals surface area contributed by atoms with E-state index in [1.165, 1.54) is 18.3 Å². The van der Waals surface area contributed by atoms with E-state index in [2.05, 4.69) is 15.6 Å². The Labute approximate surface area is 165 Å². The van der Waals surface area contributed by atoms with Crippen molar-refractivity contribution in [3.8, 4) is 11.3 Å². The van der Waals surface area contributed by atoms with Crippen LogP contribution in [0.3, 0.4) is 0 Å². The molecule has 0 aliphatic rings. The molecule has 0 fully saturated rings. The zero-order chi connectivity index (χ0) is 17.1. The van der Waals surface area contributed by atoms with E-state index in [0.717, 1.165) is 27.8 Å². The molecule has 2 N–H and O–H groups in total. The van der Waals surface area contributed by atoms with Crippen molar-refractivity contribution in [2.45, 2.75) is 6.92 Å². The number of benzene rings is 2. The van der Waals surface area contributed by atoms with Gasteiger partial charge in [-0.15, -0.1) is 23.7 Å². The van der Waals surface area contributed by atoms with Gasteiger partial charge in [-0.25, -0.2) is 4.98 Å². The molecular formula is C17H14Cl3N3OS. The third-order valence-electron chi connectivity index (χ3n) is 3.18. The number of carbonyl (C=O) groups excluding carboxylic acids is 1. The second-order valence-electron chi connectivity index (χ2n) is 5.05. The largest absolute Gasteiger partial charge is 0.332 e. The average Bonchev–Trinajstić information content (AvgIpc) is 3.00. The van der Waals surface area contributed by atoms with Gasteiger partial charge in [0.05, 0.1) is 15.7 Å². The Morgan fingerprint density at radius 3 is 2.36 bits per heavy atom. The topological polar surface area (TPSA) is 54.0 Å². The summed E-state index contributed by atoms with van der Waals surface area (Å²) in [5.74, 6) is -0.0955. The number of nitrogens with zero attached hydrogens (tertiary/aromatic N) is 1. The fourth-order valence-corrected chi connectivity index (χ4v) is 3.12. The summed E-state index contributed by atoms with van der Waals surface area (Å²) >= 11 is 13.5. The second-order valence-corrected chi connectivity index (χ2v) is 6.72. The Morgan fingerprint density at radius 2 is 1.72 bits per heavy atom. The van der Waals surface area contributed by atoms with Crippen molar-refractivity contribution < 1.29 is 4.79 Å². The van der Waals surface area contributed by atoms with Crippen LogP contribution >= 0.6 is 46.9 Å². The minimum atomic E-state index is -0.0955. The fourth-order valence-electron chi connectivity index (χ4n) is 2.08. The number of hydrogen-bond donors (Lipinski definition) is 2. The molecule has 0 spiro atoms. The molecule has 1 heterocycles. The van der Waals surface area contributed by atoms with E-state index in [1.54, 1.807) is 12.1 Å². The van der Waals surface area contributed by atoms with Crippen LogP contribution in [0.15, 0.2) is 47.8 Å². The minimum absolute atomic E-state index is 0. The monoisotopic (exact) mass is 413 g/mol. The SMILES string of the molecule is CC(=O)Nc1ccc(Nc2nc(-c3ccc(Cl)c(Cl)c3)cs2)cc1.Cl. The Kier molecular flexibility index (Phi) is 6.67. The van der Waals surface area contributed by atoms with Crippen LogP contribution in [0.1, 0.15) is 6.92 Å². The second kappa shape index (κ2) is 8.54. The first-order valence-electron chi connectivity index (χ1n) is 7.07. The van der Waals surface area contributed by atoms with E-state index < -0.39 is 0 Å². The van der Waals surface area contributed by atoms with Crippen LogP contribution in [0, 0.1) is 0 Å². The first kappa shape index (κ1) is 19.5. The Bertz CT molecular complexity index is 881. The van der Waals surface area contributed by atoms with Crippen LogP contribution in [-0.4, -0.2) is 10.9 Å². The molecule has 1 amide bonds. The van der Waals surface area contributed by atoms with Gasteiger partial charge in [0.1, 0.15) is 0 Å². The van der Waals surface area contributed by atoms with E-state index >= 15 is 0 Å². The van der Waals surface area contributed by atoms with Crippen LogP contribution in [0.4, 0.5) is 16.5 Å². The van der Waals surface area contributed by atoms with Gasteiger partial charge in [-0.05, 0) is 36.4 Å². The third-order valence-corrected chi connectivity index (χ3v) is 4.67. The molecular weight excluding hydrogens is 401 g/mol. The number of rotatable bonds is 4. The summed E-state index contributed by atoms with van der Waals surface area (Å²) in [5.41, 5.74) is 3.38. The quantitative estimate of drug-likeness (QED) is 0.531. The molecule has 3 aromatic rings. The van der Waals surface area contributed by atoms with Crippen LogP contribution in [0.5, 0.6) is 0 Å². The summed E-state index contributed by atoms with van der Waals surface area (Å²) in [4.78, 5) is 15.6. The van der Waals surface area contributed by atoms with Gasteiger partial charge >= 0.3 is 0 Å². The summed E-state index contributed by atoms with van der Waals surface area (Å²) in [6.45, 7) is 1.48. The smallest absolute Gasteiger partial charge is 0.221 e. The minimum Gasteiger partial charge on any atom is -0.332 e. The maximum absolute atomic E-state index is 11.0. The van der Waals surface area contributed by atoms with E-state index in [0.29, 0.717) is 10.0 Å². The highest BCUT2D eigenvalue weighted by Crippen LogP contribution is 2.31. The fraction of sp³-hybridized carbons (Fsp3) is 0.0588. The van der Waals surface area contributed by atoms with Crippen LogP contribution in [0.2, 0.25) is 10.0 Å². The van der Waals surface area contributed by atoms with Crippen LogP contribution in [0.25, 0.3) is 11.3 Å². The molecule has 0 saturated carbocycles. The number of hydrogen-bond acceptors (Lipinski definition) is 4. The van der Waals surface area contributed by atoms with Crippen molar-refractivity contribution in [1.82, 2.24) is 4.98 Å². The summed E-state index contributed by atoms with van der Waals surface area (Å²) < 4.78 is 0. The van der Waals surface area contributed by atoms with E-state index in [4.69, 9.17) is 23.2 Å². The number of anilines is 3. The summed E-state index contributed by atoms with van der Waals surface area (Å²) in [6, 6.07) is 12.9. The van der Waals surface area contributed by atoms with Gasteiger partial charge in [0.15, 0.2) is 5.13 Å². The van der Waals surface area contributed by atoms with Crippen molar-refractivity contribution in [3.05, 3.63) is 57.9 Å². The highest BCUT2D eigenvalue weighted by atomic mass is 35.5. The Morgan fingerprint density at radius 1 is 1.04 bits per heavy atom. The number of thiazole rings is 1. The predicted octanol–water partition coefficient (Wildman–Crippen LogP) is 6.24. The number of halogens is 3. The summed E-state index contributed by atoms with van der Waals surface area (Å²) in [7, 11) is 0. The average molecular weight is 415 g/mol. The van der Waals surface area contributed by atoms with Crippen molar-refractivity contribution in [2.24, 2.45) is 0 Å². The Hall–Kier alpha value is -1.79. The normalized spacial score (nSPS) is 10.0. The summed E-state index contributed by atoms with van der Waals surface area (Å²) in [6.07, 6.45) is 0. The number of aromatic nitrogens is 1. The lowest BCUT2D eigenvalue weighted by molar-refractivity contribution is -0.114. The number of nitrogens with one attached hydrogen (secondary N) is 2. The number of carbonyl (C=O) groups is 1. The zero-order valence-corrected chi connectivity index (χ0v) is 16.2. The Balaban J connectivity index is 0.00000225. The lowest BCUT2D eigenvalue weighted by atomic mass is 10.2. The van der Waals surface area contributed by atoms with Gasteiger partial charge in [-0.2, -0.15) is 0 Å². The van der Waals surface area contributed by atoms with Crippen molar-refractivity contribution >= 4 is 69.4 Å². The van der Waals surface area contributed by atoms with Gasteiger partial charge in [0.2, 0.25) is 5.91 Å². The zero-order valence-electron chi connectivity index (χ0n) is 13.0. The first-order valence-corrected chi connectivity index (χ1v) is 8.70. The molecule has 0 unspecified atom stereocenters. The molecule has 0 atom stereocenters. The molecule has 0 aliphatic heterocycles. The van der Waals surface area contributed by atoms with Crippen molar-refractivity contribution in [2.75, 3.05) is 10.6 Å². The predicted molar refractivity (Wildman–Crippen MR) is 109 cm³/mol. The molecule has 1 aromatic heterocycles. The molecule has 2 aromatic carbocycles. The lowest BCUT2D eigenvalue weighted by Gasteiger charge is -2.05. The van der Waals surface area contributed by atoms with Gasteiger partial charge in [-0.1, -0.05) is 29.3 Å². The lowest BCUT2D eigenvalue weighted by Crippen LogP contribution is -2.05. The highest BCUT2D eigenvalue weighted by molar-refractivity contribution is 7.14. The molecule has 0 aliphatic carbocycles. The van der Waals surface area contributed by atoms with Gasteiger partial charge < -0.3 is 10.6 Å². The molecule has 0 radical (unpaired) electrons. The molecule has 8 heteroatoms. The standard InChI is InChI=1S/C17H13Cl2N3OS.ClH/c1-10(23)20-12-3-5-13(6-4-12)21-17-22-16(9-24-17)11-2-7-14(18)15(19)8-11;/h2-9H,1H3,(H,20,23)(H,21,22);1H.